The largest absolute Gasteiger partial charge is 0.383 e. The zero-order valence-corrected chi connectivity index (χ0v) is 12.1. The molecule has 0 spiro atoms. The fraction of sp³-hybridized carbons (Fsp3) is 0.267. The second-order valence-electron chi connectivity index (χ2n) is 4.77. The summed E-state index contributed by atoms with van der Waals surface area (Å²) in [5.74, 6) is 0. The molecule has 1 fully saturated rings. The molecule has 104 valence electrons. The van der Waals surface area contributed by atoms with Gasteiger partial charge in [-0.05, 0) is 29.8 Å². The maximum atomic E-state index is 10.6. The molecule has 2 aromatic rings. The predicted octanol–water partition coefficient (Wildman–Crippen LogP) is 3.74. The van der Waals surface area contributed by atoms with E-state index in [-0.39, 0.29) is 0 Å². The Labute approximate surface area is 127 Å². The number of halogens is 2. The van der Waals surface area contributed by atoms with Crippen molar-refractivity contribution in [2.45, 2.75) is 18.1 Å². The van der Waals surface area contributed by atoms with Gasteiger partial charge in [-0.1, -0.05) is 35.3 Å². The third-order valence-electron chi connectivity index (χ3n) is 3.65. The first-order chi connectivity index (χ1) is 9.63. The Hall–Kier alpha value is -1.13. The average molecular weight is 310 g/mol. The molecule has 1 aliphatic rings. The van der Waals surface area contributed by atoms with Gasteiger partial charge in [-0.2, -0.15) is 0 Å². The lowest BCUT2D eigenvalue weighted by Crippen LogP contribution is -2.46. The smallest absolute Gasteiger partial charge is 0.129 e. The monoisotopic (exact) mass is 309 g/mol. The first-order valence-electron chi connectivity index (χ1n) is 6.32. The highest BCUT2D eigenvalue weighted by Gasteiger charge is 2.48. The number of aromatic nitrogens is 1. The van der Waals surface area contributed by atoms with E-state index < -0.39 is 11.7 Å². The summed E-state index contributed by atoms with van der Waals surface area (Å²) in [7, 11) is 0. The lowest BCUT2D eigenvalue weighted by Gasteiger charge is -2.45. The molecular formula is C15H13Cl2NO2. The summed E-state index contributed by atoms with van der Waals surface area (Å²) >= 11 is 12.0. The first-order valence-corrected chi connectivity index (χ1v) is 7.07. The van der Waals surface area contributed by atoms with Crippen molar-refractivity contribution in [2.75, 3.05) is 6.61 Å². The number of aliphatic hydroxyl groups excluding tert-OH is 1. The standard InChI is InChI=1S/C15H13Cl2NO2/c16-11-5-4-10(9-12(11)17)15(6-8-20-15)14(19)13-3-1-2-7-18-13/h1-5,7,9,14,19H,6,8H2/t14-,15+/m1/s1. The van der Waals surface area contributed by atoms with Gasteiger partial charge < -0.3 is 9.84 Å². The lowest BCUT2D eigenvalue weighted by atomic mass is 9.80. The minimum Gasteiger partial charge on any atom is -0.383 e. The molecule has 0 amide bonds. The summed E-state index contributed by atoms with van der Waals surface area (Å²) in [4.78, 5) is 4.20. The molecule has 0 bridgehead atoms. The predicted molar refractivity (Wildman–Crippen MR) is 77.9 cm³/mol. The molecule has 3 rings (SSSR count). The van der Waals surface area contributed by atoms with E-state index in [4.69, 9.17) is 27.9 Å². The van der Waals surface area contributed by atoms with E-state index in [0.29, 0.717) is 28.8 Å². The number of ether oxygens (including phenoxy) is 1. The van der Waals surface area contributed by atoms with Crippen molar-refractivity contribution in [1.29, 1.82) is 0 Å². The molecule has 0 saturated carbocycles. The number of nitrogens with zero attached hydrogens (tertiary/aromatic N) is 1. The van der Waals surface area contributed by atoms with Crippen LogP contribution in [0.5, 0.6) is 0 Å². The number of benzene rings is 1. The molecule has 2 atom stereocenters. The van der Waals surface area contributed by atoms with Gasteiger partial charge >= 0.3 is 0 Å². The Balaban J connectivity index is 2.01. The van der Waals surface area contributed by atoms with Gasteiger partial charge in [0.05, 0.1) is 22.3 Å². The zero-order chi connectivity index (χ0) is 14.2. The summed E-state index contributed by atoms with van der Waals surface area (Å²) in [6.45, 7) is 0.601. The fourth-order valence-corrected chi connectivity index (χ4v) is 2.76. The van der Waals surface area contributed by atoms with Crippen molar-refractivity contribution in [3.05, 3.63) is 63.9 Å². The van der Waals surface area contributed by atoms with Crippen LogP contribution in [0.2, 0.25) is 10.0 Å². The molecule has 3 nitrogen and oxygen atoms in total. The minimum atomic E-state index is -0.838. The Kier molecular flexibility index (Phi) is 3.69. The van der Waals surface area contributed by atoms with Gasteiger partial charge in [0.2, 0.25) is 0 Å². The van der Waals surface area contributed by atoms with Gasteiger partial charge in [-0.25, -0.2) is 0 Å². The number of pyridine rings is 1. The maximum absolute atomic E-state index is 10.6. The van der Waals surface area contributed by atoms with Crippen LogP contribution in [0, 0.1) is 0 Å². The summed E-state index contributed by atoms with van der Waals surface area (Å²) in [6.07, 6.45) is 1.53. The van der Waals surface area contributed by atoms with Crippen LogP contribution < -0.4 is 0 Å². The second-order valence-corrected chi connectivity index (χ2v) is 5.59. The average Bonchev–Trinajstić information content (AvgIpc) is 2.42. The van der Waals surface area contributed by atoms with Crippen LogP contribution in [-0.4, -0.2) is 16.7 Å². The molecule has 1 saturated heterocycles. The molecule has 0 radical (unpaired) electrons. The number of rotatable bonds is 3. The zero-order valence-electron chi connectivity index (χ0n) is 10.6. The van der Waals surface area contributed by atoms with Crippen molar-refractivity contribution in [2.24, 2.45) is 0 Å². The summed E-state index contributed by atoms with van der Waals surface area (Å²) < 4.78 is 5.72. The van der Waals surface area contributed by atoms with Gasteiger partial charge in [0.1, 0.15) is 11.7 Å². The van der Waals surface area contributed by atoms with Gasteiger partial charge in [0.25, 0.3) is 0 Å². The minimum absolute atomic E-state index is 0.451. The van der Waals surface area contributed by atoms with Crippen LogP contribution in [0.3, 0.4) is 0 Å². The quantitative estimate of drug-likeness (QED) is 0.939. The van der Waals surface area contributed by atoms with E-state index >= 15 is 0 Å². The number of hydrogen-bond donors (Lipinski definition) is 1. The van der Waals surface area contributed by atoms with E-state index in [1.807, 2.05) is 18.2 Å². The van der Waals surface area contributed by atoms with Crippen LogP contribution in [0.4, 0.5) is 0 Å². The van der Waals surface area contributed by atoms with Crippen molar-refractivity contribution in [3.8, 4) is 0 Å². The highest BCUT2D eigenvalue weighted by atomic mass is 35.5. The molecule has 20 heavy (non-hydrogen) atoms. The normalized spacial score (nSPS) is 23.1. The molecule has 1 aromatic heterocycles. The highest BCUT2D eigenvalue weighted by molar-refractivity contribution is 6.42. The topological polar surface area (TPSA) is 42.4 Å². The van der Waals surface area contributed by atoms with E-state index in [1.165, 1.54) is 0 Å². The van der Waals surface area contributed by atoms with Gasteiger partial charge in [-0.15, -0.1) is 0 Å². The van der Waals surface area contributed by atoms with Crippen LogP contribution in [-0.2, 0) is 10.3 Å². The maximum Gasteiger partial charge on any atom is 0.129 e. The summed E-state index contributed by atoms with van der Waals surface area (Å²) in [5.41, 5.74) is 0.609. The molecule has 1 aliphatic heterocycles. The molecule has 0 aliphatic carbocycles. The van der Waals surface area contributed by atoms with Crippen LogP contribution >= 0.6 is 23.2 Å². The molecule has 5 heteroatoms. The molecule has 2 heterocycles. The van der Waals surface area contributed by atoms with E-state index in [0.717, 1.165) is 5.56 Å². The molecule has 0 unspecified atom stereocenters. The SMILES string of the molecule is O[C@H](c1ccccn1)[C@@]1(c2ccc(Cl)c(Cl)c2)CCO1. The van der Waals surface area contributed by atoms with Crippen LogP contribution in [0.15, 0.2) is 42.6 Å². The van der Waals surface area contributed by atoms with Gasteiger partial charge in [0.15, 0.2) is 0 Å². The summed E-state index contributed by atoms with van der Waals surface area (Å²) in [5, 5.41) is 11.6. The molecule has 1 aromatic carbocycles. The Morgan fingerprint density at radius 3 is 2.55 bits per heavy atom. The third kappa shape index (κ3) is 2.21. The second kappa shape index (κ2) is 5.34. The van der Waals surface area contributed by atoms with Crippen molar-refractivity contribution < 1.29 is 9.84 Å². The van der Waals surface area contributed by atoms with Crippen molar-refractivity contribution in [3.63, 3.8) is 0 Å². The molecule has 1 N–H and O–H groups in total. The first kappa shape index (κ1) is 13.8. The van der Waals surface area contributed by atoms with E-state index in [9.17, 15) is 5.11 Å². The fourth-order valence-electron chi connectivity index (χ4n) is 2.46. The van der Waals surface area contributed by atoms with Crippen molar-refractivity contribution in [1.82, 2.24) is 4.98 Å². The van der Waals surface area contributed by atoms with Gasteiger partial charge in [-0.3, -0.25) is 4.98 Å². The van der Waals surface area contributed by atoms with Crippen molar-refractivity contribution >= 4 is 23.2 Å². The number of hydrogen-bond acceptors (Lipinski definition) is 3. The highest BCUT2D eigenvalue weighted by Crippen LogP contribution is 2.47. The third-order valence-corrected chi connectivity index (χ3v) is 4.39. The lowest BCUT2D eigenvalue weighted by molar-refractivity contribution is -0.216. The van der Waals surface area contributed by atoms with Crippen LogP contribution in [0.25, 0.3) is 0 Å². The Morgan fingerprint density at radius 1 is 1.20 bits per heavy atom. The van der Waals surface area contributed by atoms with Crippen LogP contribution in [0.1, 0.15) is 23.8 Å². The molecular weight excluding hydrogens is 297 g/mol. The Bertz CT molecular complexity index is 615. The number of aliphatic hydroxyl groups is 1. The van der Waals surface area contributed by atoms with E-state index in [1.54, 1.807) is 24.4 Å². The van der Waals surface area contributed by atoms with E-state index in [2.05, 4.69) is 4.98 Å². The van der Waals surface area contributed by atoms with Gasteiger partial charge in [0, 0.05) is 12.6 Å². The summed E-state index contributed by atoms with van der Waals surface area (Å²) in [6, 6.07) is 10.7. The Morgan fingerprint density at radius 2 is 2.00 bits per heavy atom.